The molecule has 4 aromatic carbocycles. The first-order valence-corrected chi connectivity index (χ1v) is 37.6. The van der Waals surface area contributed by atoms with E-state index in [1.165, 1.54) is 31.4 Å². The maximum absolute atomic E-state index is 14.2. The number of aromatic amines is 1. The summed E-state index contributed by atoms with van der Waals surface area (Å²) < 4.78 is 115. The normalized spacial score (nSPS) is 16.8. The van der Waals surface area contributed by atoms with Crippen LogP contribution in [0.15, 0.2) is 168 Å². The number of furan rings is 4. The van der Waals surface area contributed by atoms with Crippen molar-refractivity contribution in [2.75, 3.05) is 7.11 Å². The van der Waals surface area contributed by atoms with E-state index < -0.39 is 64.0 Å². The largest absolute Gasteiger partial charge is 0.467 e. The maximum Gasteiger partial charge on any atom is 0.345 e. The highest BCUT2D eigenvalue weighted by atomic mass is 36.0. The fraction of sp³-hybridized carbons (Fsp3) is 0.211. The second-order valence-electron chi connectivity index (χ2n) is 24.8. The monoisotopic (exact) mass is 1610 g/mol. The standard InChI is InChI=1S/C20H17FN2O4.C19H15FN2O4.2C18H12ClFN2O3.CH4.Cl3OP/c1-11-8-9-14(26-11)16-15-17(23-19(22-16)25-3)20(2,27-18(15)24)10-12-6-4-5-7-13(12)21;1-10-7-8-13(25-10)15-14-16(22-18(24)21-15)19(2,26-17(14)23)9-11-5-3-4-6-12(11)20;2*1-9-6-7-12(24-9)15-14-16(22-18(19)21-15)13(25-17(14)23)8-10-4-2-3-5-11(10)20;;1-5(2,3)4/h4-9H,10H2,1-3H3;3-8H,9H2,1-2H3,(H,21,22,24);2*2-7,13H,8H2,1H3;1H4;. The third-order valence-corrected chi connectivity index (χ3v) is 17.3. The maximum atomic E-state index is 14.2. The Hall–Kier alpha value is -10.8. The molecule has 4 unspecified atom stereocenters. The molecule has 23 nitrogen and oxygen atoms in total. The summed E-state index contributed by atoms with van der Waals surface area (Å²) in [6.07, 6.45) is -0.918. The summed E-state index contributed by atoms with van der Waals surface area (Å²) in [6, 6.07) is 39.1. The van der Waals surface area contributed by atoms with Crippen LogP contribution in [0.1, 0.15) is 143 Å². The Labute approximate surface area is 642 Å². The highest BCUT2D eigenvalue weighted by Crippen LogP contribution is 2.61. The van der Waals surface area contributed by atoms with Crippen LogP contribution >= 0.6 is 62.1 Å². The van der Waals surface area contributed by atoms with Crippen LogP contribution in [0.5, 0.6) is 6.01 Å². The number of aromatic nitrogens is 8. The number of H-pyrrole nitrogens is 1. The van der Waals surface area contributed by atoms with Crippen molar-refractivity contribution in [2.45, 2.75) is 98.1 Å². The van der Waals surface area contributed by atoms with Crippen LogP contribution in [0.3, 0.4) is 0 Å². The van der Waals surface area contributed by atoms with Crippen LogP contribution in [0.25, 0.3) is 45.8 Å². The Bertz CT molecular complexity index is 5470. The van der Waals surface area contributed by atoms with Crippen LogP contribution in [0.2, 0.25) is 10.6 Å². The number of fused-ring (bicyclic) bond motifs is 4. The summed E-state index contributed by atoms with van der Waals surface area (Å²) in [5, 5.41) is -3.28. The van der Waals surface area contributed by atoms with Crippen molar-refractivity contribution < 1.29 is 82.7 Å². The third kappa shape index (κ3) is 17.7. The number of aryl methyl sites for hydroxylation is 4. The van der Waals surface area contributed by atoms with Crippen LogP contribution in [0.4, 0.5) is 17.6 Å². The van der Waals surface area contributed by atoms with Gasteiger partial charge < -0.3 is 46.3 Å². The zero-order chi connectivity index (χ0) is 77.3. The number of nitrogens with zero attached hydrogens (tertiary/aromatic N) is 7. The van der Waals surface area contributed by atoms with E-state index in [9.17, 15) is 46.1 Å². The van der Waals surface area contributed by atoms with Gasteiger partial charge in [0.25, 0.3) is 0 Å². The summed E-state index contributed by atoms with van der Waals surface area (Å²) in [5.41, 5.74) is 1.73. The van der Waals surface area contributed by atoms with E-state index in [-0.39, 0.29) is 112 Å². The number of benzene rings is 4. The second kappa shape index (κ2) is 32.6. The number of methoxy groups -OCH3 is 1. The van der Waals surface area contributed by atoms with Gasteiger partial charge in [-0.2, -0.15) is 15.0 Å². The van der Waals surface area contributed by atoms with Crippen molar-refractivity contribution in [3.8, 4) is 51.8 Å². The topological polar surface area (TPSA) is 307 Å². The zero-order valence-corrected chi connectivity index (χ0v) is 62.1. The molecule has 109 heavy (non-hydrogen) atoms. The van der Waals surface area contributed by atoms with E-state index in [0.717, 1.165) is 0 Å². The van der Waals surface area contributed by atoms with Gasteiger partial charge in [0.05, 0.1) is 12.8 Å². The molecule has 0 bridgehead atoms. The number of carbonyl (C=O) groups excluding carboxylic acids is 4. The van der Waals surface area contributed by atoms with E-state index >= 15 is 0 Å². The predicted molar refractivity (Wildman–Crippen MR) is 391 cm³/mol. The zero-order valence-electron chi connectivity index (χ0n) is 57.4. The van der Waals surface area contributed by atoms with Crippen molar-refractivity contribution in [1.29, 1.82) is 0 Å². The molecule has 0 amide bonds. The molecule has 0 saturated carbocycles. The lowest BCUT2D eigenvalue weighted by atomic mass is 9.91. The molecule has 16 rings (SSSR count). The lowest BCUT2D eigenvalue weighted by Crippen LogP contribution is -2.29. The van der Waals surface area contributed by atoms with Gasteiger partial charge in [0.15, 0.2) is 34.2 Å². The van der Waals surface area contributed by atoms with Crippen LogP contribution in [-0.4, -0.2) is 70.9 Å². The summed E-state index contributed by atoms with van der Waals surface area (Å²) in [4.78, 5) is 93.7. The second-order valence-corrected chi connectivity index (χ2v) is 32.1. The lowest BCUT2D eigenvalue weighted by molar-refractivity contribution is -0.00167. The van der Waals surface area contributed by atoms with Gasteiger partial charge in [-0.25, -0.2) is 61.5 Å². The van der Waals surface area contributed by atoms with Crippen LogP contribution in [-0.2, 0) is 60.4 Å². The number of hydrogen-bond acceptors (Lipinski definition) is 22. The van der Waals surface area contributed by atoms with Gasteiger partial charge in [0, 0.05) is 25.7 Å². The number of cyclic esters (lactones) is 4. The molecule has 4 aliphatic heterocycles. The summed E-state index contributed by atoms with van der Waals surface area (Å²) in [5.74, 6) is 0.312. The minimum absolute atomic E-state index is 0. The van der Waals surface area contributed by atoms with E-state index in [4.69, 9.17) is 64.6 Å². The third-order valence-electron chi connectivity index (χ3n) is 17.0. The number of carbonyl (C=O) groups is 4. The molecule has 0 saturated heterocycles. The van der Waals surface area contributed by atoms with Gasteiger partial charge >= 0.3 is 40.8 Å². The Morgan fingerprint density at radius 3 is 1.16 bits per heavy atom. The minimum atomic E-state index is -3.22. The average Bonchev–Trinajstić information content (AvgIpc) is 1.61. The average molecular weight is 1610 g/mol. The summed E-state index contributed by atoms with van der Waals surface area (Å²) in [6.45, 7) is 10.4. The Balaban J connectivity index is 0.000000141. The molecule has 33 heteroatoms. The molecular formula is C76H60Cl5F4N8O15P. The first-order chi connectivity index (χ1) is 51.3. The molecular weight excluding hydrogens is 1550 g/mol. The quantitative estimate of drug-likeness (QED) is 0.0368. The first kappa shape index (κ1) is 79.2. The van der Waals surface area contributed by atoms with Crippen LogP contribution in [0, 0.1) is 51.0 Å². The fourth-order valence-corrected chi connectivity index (χ4v) is 12.6. The number of nitrogens with one attached hydrogen (secondary N) is 1. The van der Waals surface area contributed by atoms with Crippen LogP contribution < -0.4 is 10.4 Å². The van der Waals surface area contributed by atoms with E-state index in [1.54, 1.807) is 163 Å². The van der Waals surface area contributed by atoms with Gasteiger partial charge in [-0.1, -0.05) is 80.2 Å². The molecule has 4 aliphatic rings. The molecule has 8 aromatic heterocycles. The predicted octanol–water partition coefficient (Wildman–Crippen LogP) is 19.0. The molecule has 12 aromatic rings. The summed E-state index contributed by atoms with van der Waals surface area (Å²) in [7, 11) is 1.44. The Kier molecular flexibility index (Phi) is 23.7. The molecule has 0 spiro atoms. The van der Waals surface area contributed by atoms with Crippen molar-refractivity contribution in [3.63, 3.8) is 0 Å². The minimum Gasteiger partial charge on any atom is -0.467 e. The SMILES string of the molecule is C.COc1nc(-c2ccc(C)o2)c2c(n1)C(C)(Cc1ccccc1F)OC2=O.Cc1ccc(-c2nc(=O)[nH]c3c2C(=O)OC3(C)Cc2ccccc2F)o1.Cc1ccc(-c2nc(Cl)nc3c2C(=O)OC3Cc2ccccc2F)o1.Cc1ccc(-c2nc(Cl)nc3c2C(=O)OC3Cc2ccccc2F)o1.O=P(Cl)(Cl)Cl. The highest BCUT2D eigenvalue weighted by Gasteiger charge is 2.49. The van der Waals surface area contributed by atoms with Crippen molar-refractivity contribution in [3.05, 3.63) is 280 Å². The molecule has 1 N–H and O–H groups in total. The van der Waals surface area contributed by atoms with Gasteiger partial charge in [0.2, 0.25) is 10.6 Å². The number of hydrogen-bond donors (Lipinski definition) is 1. The molecule has 4 atom stereocenters. The Morgan fingerprint density at radius 1 is 0.450 bits per heavy atom. The lowest BCUT2D eigenvalue weighted by Gasteiger charge is -2.23. The van der Waals surface area contributed by atoms with Gasteiger partial charge in [-0.3, -0.25) is 4.57 Å². The van der Waals surface area contributed by atoms with E-state index in [0.29, 0.717) is 91.1 Å². The number of halogens is 9. The van der Waals surface area contributed by atoms with Crippen molar-refractivity contribution in [1.82, 2.24) is 39.9 Å². The first-order valence-electron chi connectivity index (χ1n) is 32.4. The molecule has 562 valence electrons. The van der Waals surface area contributed by atoms with Crippen molar-refractivity contribution in [2.24, 2.45) is 0 Å². The van der Waals surface area contributed by atoms with Gasteiger partial charge in [0.1, 0.15) is 121 Å². The number of esters is 4. The smallest absolute Gasteiger partial charge is 0.345 e. The number of ether oxygens (including phenoxy) is 5. The van der Waals surface area contributed by atoms with E-state index in [2.05, 4.69) is 73.6 Å². The summed E-state index contributed by atoms with van der Waals surface area (Å²) >= 11 is 25.9. The molecule has 0 radical (unpaired) electrons. The Morgan fingerprint density at radius 2 is 0.789 bits per heavy atom. The highest BCUT2D eigenvalue weighted by molar-refractivity contribution is 8.24. The fourth-order valence-electron chi connectivity index (χ4n) is 12.3. The molecule has 0 fully saturated rings. The van der Waals surface area contributed by atoms with Crippen molar-refractivity contribution >= 4 is 86.0 Å². The molecule has 12 heterocycles. The number of rotatable bonds is 13. The molecule has 0 aliphatic carbocycles. The van der Waals surface area contributed by atoms with Gasteiger partial charge in [-0.15, -0.1) is 0 Å². The van der Waals surface area contributed by atoms with Gasteiger partial charge in [-0.05, 0) is 194 Å². The van der Waals surface area contributed by atoms with E-state index in [1.807, 2.05) is 0 Å².